The number of amides is 1. The minimum absolute atomic E-state index is 0.0614. The van der Waals surface area contributed by atoms with Crippen LogP contribution in [-0.2, 0) is 21.1 Å². The monoisotopic (exact) mass is 463 g/mol. The number of thioether (sulfide) groups is 1. The molecular weight excluding hydrogens is 438 g/mol. The maximum absolute atomic E-state index is 13.2. The molecule has 3 aromatic rings. The Balaban J connectivity index is 1.88. The summed E-state index contributed by atoms with van der Waals surface area (Å²) in [7, 11) is 0.680. The number of benzene rings is 2. The minimum atomic E-state index is -3.26. The van der Waals surface area contributed by atoms with Crippen LogP contribution in [0.4, 0.5) is 5.13 Å². The molecule has 1 aromatic heterocycles. The van der Waals surface area contributed by atoms with Crippen molar-refractivity contribution in [2.45, 2.75) is 16.2 Å². The van der Waals surface area contributed by atoms with Crippen molar-refractivity contribution < 1.29 is 13.2 Å². The predicted octanol–water partition coefficient (Wildman–Crippen LogP) is 3.56. The van der Waals surface area contributed by atoms with E-state index in [2.05, 4.69) is 0 Å². The Morgan fingerprint density at radius 2 is 1.80 bits per heavy atom. The smallest absolute Gasteiger partial charge is 0.233 e. The summed E-state index contributed by atoms with van der Waals surface area (Å²) in [6.07, 6.45) is 3.37. The molecule has 0 fully saturated rings. The number of likely N-dealkylation sites (N-methyl/N-ethyl adjacent to an activating group) is 1. The van der Waals surface area contributed by atoms with Crippen molar-refractivity contribution in [1.82, 2.24) is 9.88 Å². The normalized spacial score (nSPS) is 11.9. The average molecular weight is 464 g/mol. The Morgan fingerprint density at radius 3 is 2.40 bits per heavy atom. The molecule has 1 heterocycles. The number of rotatable bonds is 8. The standard InChI is InChI=1S/C21H25N3O3S3/c1-23(2)12-13-24(21-22-20-17(28-3)6-5-7-18(20)29-21)19(25)14-15-8-10-16(11-9-15)30(4,26)27/h5-11H,12-14H2,1-4H3. The van der Waals surface area contributed by atoms with Crippen LogP contribution in [0.15, 0.2) is 52.3 Å². The molecule has 30 heavy (non-hydrogen) atoms. The van der Waals surface area contributed by atoms with Gasteiger partial charge >= 0.3 is 0 Å². The number of carbonyl (C=O) groups excluding carboxylic acids is 1. The molecule has 0 aliphatic heterocycles. The molecule has 0 spiro atoms. The van der Waals surface area contributed by atoms with E-state index in [-0.39, 0.29) is 17.2 Å². The van der Waals surface area contributed by atoms with Crippen LogP contribution in [0.5, 0.6) is 0 Å². The molecule has 0 aliphatic rings. The van der Waals surface area contributed by atoms with E-state index >= 15 is 0 Å². The number of para-hydroxylation sites is 1. The van der Waals surface area contributed by atoms with Crippen molar-refractivity contribution in [3.63, 3.8) is 0 Å². The molecule has 0 unspecified atom stereocenters. The highest BCUT2D eigenvalue weighted by molar-refractivity contribution is 7.98. The van der Waals surface area contributed by atoms with Gasteiger partial charge in [0.25, 0.3) is 0 Å². The fourth-order valence-electron chi connectivity index (χ4n) is 2.94. The van der Waals surface area contributed by atoms with Gasteiger partial charge in [0.2, 0.25) is 5.91 Å². The van der Waals surface area contributed by atoms with Crippen LogP contribution in [-0.4, -0.2) is 63.9 Å². The van der Waals surface area contributed by atoms with E-state index in [0.717, 1.165) is 20.7 Å². The molecule has 0 N–H and O–H groups in total. The van der Waals surface area contributed by atoms with Gasteiger partial charge in [-0.25, -0.2) is 13.4 Å². The van der Waals surface area contributed by atoms with Gasteiger partial charge in [-0.3, -0.25) is 9.69 Å². The minimum Gasteiger partial charge on any atom is -0.308 e. The van der Waals surface area contributed by atoms with E-state index in [1.807, 2.05) is 43.5 Å². The number of aromatic nitrogens is 1. The Morgan fingerprint density at radius 1 is 1.10 bits per heavy atom. The van der Waals surface area contributed by atoms with Crippen molar-refractivity contribution in [2.75, 3.05) is 44.6 Å². The first kappa shape index (κ1) is 22.7. The van der Waals surface area contributed by atoms with Crippen molar-refractivity contribution in [2.24, 2.45) is 0 Å². The lowest BCUT2D eigenvalue weighted by Gasteiger charge is -2.22. The SMILES string of the molecule is CSc1cccc2sc(N(CCN(C)C)C(=O)Cc3ccc(S(C)(=O)=O)cc3)nc12. The molecule has 160 valence electrons. The first-order valence-corrected chi connectivity index (χ1v) is 13.3. The Bertz CT molecular complexity index is 1140. The topological polar surface area (TPSA) is 70.6 Å². The number of sulfone groups is 1. The largest absolute Gasteiger partial charge is 0.308 e. The third-order valence-corrected chi connectivity index (χ3v) is 7.54. The fraction of sp³-hybridized carbons (Fsp3) is 0.333. The first-order valence-electron chi connectivity index (χ1n) is 9.36. The van der Waals surface area contributed by atoms with Crippen molar-refractivity contribution in [1.29, 1.82) is 0 Å². The van der Waals surface area contributed by atoms with E-state index in [1.165, 1.54) is 17.6 Å². The van der Waals surface area contributed by atoms with Crippen LogP contribution < -0.4 is 4.90 Å². The number of fused-ring (bicyclic) bond motifs is 1. The van der Waals surface area contributed by atoms with Crippen LogP contribution in [0.3, 0.4) is 0 Å². The molecule has 0 atom stereocenters. The number of hydrogen-bond acceptors (Lipinski definition) is 7. The highest BCUT2D eigenvalue weighted by atomic mass is 32.2. The summed E-state index contributed by atoms with van der Waals surface area (Å²) in [5.41, 5.74) is 1.69. The Labute approximate surface area is 185 Å². The number of hydrogen-bond donors (Lipinski definition) is 0. The third kappa shape index (κ3) is 5.40. The summed E-state index contributed by atoms with van der Waals surface area (Å²) in [6, 6.07) is 12.5. The van der Waals surface area contributed by atoms with Gasteiger partial charge < -0.3 is 4.90 Å². The lowest BCUT2D eigenvalue weighted by atomic mass is 10.1. The lowest BCUT2D eigenvalue weighted by Crippen LogP contribution is -2.37. The van der Waals surface area contributed by atoms with E-state index in [0.29, 0.717) is 18.2 Å². The maximum atomic E-state index is 13.2. The summed E-state index contributed by atoms with van der Waals surface area (Å²) in [5, 5.41) is 0.686. The zero-order chi connectivity index (χ0) is 21.9. The second-order valence-corrected chi connectivity index (χ2v) is 11.1. The molecule has 1 amide bonds. The summed E-state index contributed by atoms with van der Waals surface area (Å²) in [4.78, 5) is 23.1. The molecule has 6 nitrogen and oxygen atoms in total. The zero-order valence-corrected chi connectivity index (χ0v) is 19.9. The van der Waals surface area contributed by atoms with Crippen molar-refractivity contribution >= 4 is 54.2 Å². The van der Waals surface area contributed by atoms with Gasteiger partial charge in [0, 0.05) is 24.2 Å². The van der Waals surface area contributed by atoms with Crippen LogP contribution in [0.25, 0.3) is 10.2 Å². The first-order chi connectivity index (χ1) is 14.2. The zero-order valence-electron chi connectivity index (χ0n) is 17.5. The number of carbonyl (C=O) groups is 1. The molecule has 0 radical (unpaired) electrons. The second-order valence-electron chi connectivity index (χ2n) is 7.25. The Hall–Kier alpha value is -1.94. The number of thiazole rings is 1. The average Bonchev–Trinajstić information content (AvgIpc) is 3.11. The van der Waals surface area contributed by atoms with Gasteiger partial charge in [0.15, 0.2) is 15.0 Å². The van der Waals surface area contributed by atoms with Crippen LogP contribution in [0.1, 0.15) is 5.56 Å². The van der Waals surface area contributed by atoms with Crippen molar-refractivity contribution in [3.05, 3.63) is 48.0 Å². The van der Waals surface area contributed by atoms with Crippen LogP contribution in [0, 0.1) is 0 Å². The lowest BCUT2D eigenvalue weighted by molar-refractivity contribution is -0.118. The molecule has 9 heteroatoms. The van der Waals surface area contributed by atoms with Gasteiger partial charge in [0.1, 0.15) is 0 Å². The Kier molecular flexibility index (Phi) is 7.18. The second kappa shape index (κ2) is 9.47. The molecule has 0 bridgehead atoms. The number of anilines is 1. The van der Waals surface area contributed by atoms with E-state index in [4.69, 9.17) is 4.98 Å². The van der Waals surface area contributed by atoms with Gasteiger partial charge in [-0.15, -0.1) is 11.8 Å². The highest BCUT2D eigenvalue weighted by Crippen LogP contribution is 2.34. The van der Waals surface area contributed by atoms with Crippen molar-refractivity contribution in [3.8, 4) is 0 Å². The quantitative estimate of drug-likeness (QED) is 0.476. The summed E-state index contributed by atoms with van der Waals surface area (Å²) >= 11 is 3.15. The maximum Gasteiger partial charge on any atom is 0.233 e. The summed E-state index contributed by atoms with van der Waals surface area (Å²) < 4.78 is 24.4. The summed E-state index contributed by atoms with van der Waals surface area (Å²) in [6.45, 7) is 1.24. The van der Waals surface area contributed by atoms with Crippen LogP contribution in [0.2, 0.25) is 0 Å². The van der Waals surface area contributed by atoms with Gasteiger partial charge in [-0.1, -0.05) is 29.5 Å². The molecule has 2 aromatic carbocycles. The number of nitrogens with zero attached hydrogens (tertiary/aromatic N) is 3. The van der Waals surface area contributed by atoms with Crippen LogP contribution >= 0.6 is 23.1 Å². The fourth-order valence-corrected chi connectivity index (χ4v) is 5.24. The van der Waals surface area contributed by atoms with E-state index in [9.17, 15) is 13.2 Å². The van der Waals surface area contributed by atoms with Gasteiger partial charge in [-0.2, -0.15) is 0 Å². The molecule has 0 saturated heterocycles. The van der Waals surface area contributed by atoms with Gasteiger partial charge in [-0.05, 0) is 50.2 Å². The highest BCUT2D eigenvalue weighted by Gasteiger charge is 2.21. The predicted molar refractivity (Wildman–Crippen MR) is 126 cm³/mol. The molecule has 3 rings (SSSR count). The summed E-state index contributed by atoms with van der Waals surface area (Å²) in [5.74, 6) is -0.0614. The van der Waals surface area contributed by atoms with Gasteiger partial charge in [0.05, 0.1) is 21.5 Å². The van der Waals surface area contributed by atoms with E-state index in [1.54, 1.807) is 40.9 Å². The molecule has 0 saturated carbocycles. The third-order valence-electron chi connectivity index (χ3n) is 4.60. The van der Waals surface area contributed by atoms with E-state index < -0.39 is 9.84 Å². The molecular formula is C21H25N3O3S3. The molecule has 0 aliphatic carbocycles.